The van der Waals surface area contributed by atoms with E-state index >= 15 is 0 Å². The van der Waals surface area contributed by atoms with Crippen molar-refractivity contribution in [2.45, 2.75) is 41.5 Å². The summed E-state index contributed by atoms with van der Waals surface area (Å²) in [6, 6.07) is 22.4. The molecule has 2 aromatic heterocycles. The minimum absolute atomic E-state index is 1.21. The Hall–Kier alpha value is -4.04. The van der Waals surface area contributed by atoms with Crippen LogP contribution in [0.4, 0.5) is 0 Å². The lowest BCUT2D eigenvalue weighted by atomic mass is 9.86. The van der Waals surface area contributed by atoms with Crippen molar-refractivity contribution in [3.05, 3.63) is 119 Å². The topological polar surface area (TPSA) is 25.8 Å². The molecule has 0 saturated heterocycles. The van der Waals surface area contributed by atoms with Gasteiger partial charge in [-0.2, -0.15) is 0 Å². The standard InChI is InChI=1S/C34H32N2/c1-21-17-31(23(3)15-29(21)27-7-11-35-12-8-27)33-19-26(6)34(20-25(33)5)32-18-22(2)30(16-24(32)4)28-9-13-36-14-10-28/h7-20H,1-6H3. The summed E-state index contributed by atoms with van der Waals surface area (Å²) in [4.78, 5) is 8.34. The molecule has 0 aliphatic rings. The van der Waals surface area contributed by atoms with Crippen molar-refractivity contribution in [3.63, 3.8) is 0 Å². The molecule has 5 rings (SSSR count). The Morgan fingerprint density at radius 3 is 0.833 bits per heavy atom. The molecule has 5 aromatic rings. The zero-order valence-corrected chi connectivity index (χ0v) is 22.0. The van der Waals surface area contributed by atoms with Crippen molar-refractivity contribution in [1.82, 2.24) is 9.97 Å². The molecule has 0 amide bonds. The van der Waals surface area contributed by atoms with E-state index in [0.717, 1.165) is 0 Å². The van der Waals surface area contributed by atoms with Crippen LogP contribution < -0.4 is 0 Å². The molecular weight excluding hydrogens is 436 g/mol. The van der Waals surface area contributed by atoms with Crippen LogP contribution in [0.25, 0.3) is 44.5 Å². The van der Waals surface area contributed by atoms with Gasteiger partial charge < -0.3 is 0 Å². The monoisotopic (exact) mass is 468 g/mol. The number of hydrogen-bond acceptors (Lipinski definition) is 2. The molecular formula is C34H32N2. The Balaban J connectivity index is 1.57. The summed E-state index contributed by atoms with van der Waals surface area (Å²) in [5, 5.41) is 0. The van der Waals surface area contributed by atoms with Gasteiger partial charge in [0.2, 0.25) is 0 Å². The molecule has 178 valence electrons. The van der Waals surface area contributed by atoms with Gasteiger partial charge in [-0.1, -0.05) is 36.4 Å². The first kappa shape index (κ1) is 23.7. The highest BCUT2D eigenvalue weighted by molar-refractivity contribution is 5.83. The van der Waals surface area contributed by atoms with Crippen LogP contribution in [0.15, 0.2) is 85.5 Å². The summed E-state index contributed by atoms with van der Waals surface area (Å²) in [5.74, 6) is 0. The van der Waals surface area contributed by atoms with Crippen molar-refractivity contribution in [1.29, 1.82) is 0 Å². The number of nitrogens with zero attached hydrogens (tertiary/aromatic N) is 2. The average Bonchev–Trinajstić information content (AvgIpc) is 2.88. The minimum Gasteiger partial charge on any atom is -0.265 e. The zero-order valence-electron chi connectivity index (χ0n) is 22.0. The summed E-state index contributed by atoms with van der Waals surface area (Å²) in [7, 11) is 0. The quantitative estimate of drug-likeness (QED) is 0.263. The van der Waals surface area contributed by atoms with Gasteiger partial charge in [-0.15, -0.1) is 0 Å². The molecule has 0 spiro atoms. The summed E-state index contributed by atoms with van der Waals surface area (Å²) < 4.78 is 0. The maximum absolute atomic E-state index is 4.17. The number of hydrogen-bond donors (Lipinski definition) is 0. The van der Waals surface area contributed by atoms with Crippen LogP contribution in [0.5, 0.6) is 0 Å². The van der Waals surface area contributed by atoms with Gasteiger partial charge in [0, 0.05) is 24.8 Å². The highest BCUT2D eigenvalue weighted by Gasteiger charge is 2.15. The molecule has 3 aromatic carbocycles. The zero-order chi connectivity index (χ0) is 25.4. The van der Waals surface area contributed by atoms with Crippen LogP contribution in [0, 0.1) is 41.5 Å². The minimum atomic E-state index is 1.21. The molecule has 0 radical (unpaired) electrons. The number of aromatic nitrogens is 2. The van der Waals surface area contributed by atoms with Gasteiger partial charge in [-0.25, -0.2) is 0 Å². The fourth-order valence-electron chi connectivity index (χ4n) is 5.29. The van der Waals surface area contributed by atoms with Crippen LogP contribution in [0.1, 0.15) is 33.4 Å². The number of rotatable bonds is 4. The highest BCUT2D eigenvalue weighted by atomic mass is 14.6. The van der Waals surface area contributed by atoms with E-state index in [-0.39, 0.29) is 0 Å². The summed E-state index contributed by atoms with van der Waals surface area (Å²) in [6.07, 6.45) is 7.43. The summed E-state index contributed by atoms with van der Waals surface area (Å²) in [5.41, 5.74) is 17.9. The lowest BCUT2D eigenvalue weighted by Crippen LogP contribution is -1.96. The van der Waals surface area contributed by atoms with Crippen LogP contribution in [-0.4, -0.2) is 9.97 Å². The first-order chi connectivity index (χ1) is 17.3. The van der Waals surface area contributed by atoms with E-state index in [2.05, 4.69) is 112 Å². The van der Waals surface area contributed by atoms with Gasteiger partial charge >= 0.3 is 0 Å². The third-order valence-corrected chi connectivity index (χ3v) is 7.28. The average molecular weight is 469 g/mol. The van der Waals surface area contributed by atoms with Crippen molar-refractivity contribution < 1.29 is 0 Å². The lowest BCUT2D eigenvalue weighted by molar-refractivity contribution is 1.31. The predicted molar refractivity (Wildman–Crippen MR) is 152 cm³/mol. The van der Waals surface area contributed by atoms with Crippen molar-refractivity contribution >= 4 is 0 Å². The largest absolute Gasteiger partial charge is 0.265 e. The normalized spacial score (nSPS) is 11.1. The molecule has 0 atom stereocenters. The van der Waals surface area contributed by atoms with Gasteiger partial charge in [0.05, 0.1) is 0 Å². The van der Waals surface area contributed by atoms with Crippen molar-refractivity contribution in [2.24, 2.45) is 0 Å². The molecule has 36 heavy (non-hydrogen) atoms. The molecule has 2 heteroatoms. The smallest absolute Gasteiger partial charge is 0.0273 e. The van der Waals surface area contributed by atoms with Crippen LogP contribution in [0.2, 0.25) is 0 Å². The SMILES string of the molecule is Cc1cc(-c2cc(C)c(-c3cc(C)c(-c4ccncc4)cc3C)cc2C)c(C)cc1-c1ccncc1. The number of aryl methyl sites for hydroxylation is 6. The Kier molecular flexibility index (Phi) is 6.28. The van der Waals surface area contributed by atoms with Gasteiger partial charge in [0.15, 0.2) is 0 Å². The molecule has 0 bridgehead atoms. The highest BCUT2D eigenvalue weighted by Crippen LogP contribution is 2.38. The molecule has 0 saturated carbocycles. The van der Waals surface area contributed by atoms with Crippen LogP contribution in [0.3, 0.4) is 0 Å². The van der Waals surface area contributed by atoms with E-state index in [1.807, 2.05) is 24.8 Å². The first-order valence-electron chi connectivity index (χ1n) is 12.5. The van der Waals surface area contributed by atoms with E-state index < -0.39 is 0 Å². The third kappa shape index (κ3) is 4.35. The fourth-order valence-corrected chi connectivity index (χ4v) is 5.29. The Morgan fingerprint density at radius 2 is 0.556 bits per heavy atom. The van der Waals surface area contributed by atoms with Gasteiger partial charge in [0.1, 0.15) is 0 Å². The van der Waals surface area contributed by atoms with Crippen molar-refractivity contribution in [2.75, 3.05) is 0 Å². The van der Waals surface area contributed by atoms with Crippen molar-refractivity contribution in [3.8, 4) is 44.5 Å². The van der Waals surface area contributed by atoms with E-state index in [0.29, 0.717) is 0 Å². The number of benzene rings is 3. The van der Waals surface area contributed by atoms with Gasteiger partial charge in [0.25, 0.3) is 0 Å². The van der Waals surface area contributed by atoms with E-state index in [4.69, 9.17) is 0 Å². The second-order valence-corrected chi connectivity index (χ2v) is 9.92. The summed E-state index contributed by atoms with van der Waals surface area (Å²) in [6.45, 7) is 13.3. The summed E-state index contributed by atoms with van der Waals surface area (Å²) >= 11 is 0. The Morgan fingerprint density at radius 1 is 0.333 bits per heavy atom. The van der Waals surface area contributed by atoms with Gasteiger partial charge in [-0.05, 0) is 144 Å². The first-order valence-corrected chi connectivity index (χ1v) is 12.5. The maximum atomic E-state index is 4.17. The number of pyridine rings is 2. The Labute approximate surface area is 214 Å². The van der Waals surface area contributed by atoms with E-state index in [1.54, 1.807) is 0 Å². The molecule has 0 aliphatic carbocycles. The Bertz CT molecular complexity index is 1440. The van der Waals surface area contributed by atoms with Crippen LogP contribution >= 0.6 is 0 Å². The second kappa shape index (κ2) is 9.54. The van der Waals surface area contributed by atoms with E-state index in [1.165, 1.54) is 77.9 Å². The predicted octanol–water partition coefficient (Wildman–Crippen LogP) is 9.00. The molecule has 0 N–H and O–H groups in total. The third-order valence-electron chi connectivity index (χ3n) is 7.28. The molecule has 0 unspecified atom stereocenters. The maximum Gasteiger partial charge on any atom is 0.0273 e. The second-order valence-electron chi connectivity index (χ2n) is 9.92. The molecule has 2 heterocycles. The fraction of sp³-hybridized carbons (Fsp3) is 0.176. The molecule has 2 nitrogen and oxygen atoms in total. The van der Waals surface area contributed by atoms with E-state index in [9.17, 15) is 0 Å². The van der Waals surface area contributed by atoms with Gasteiger partial charge in [-0.3, -0.25) is 9.97 Å². The molecule has 0 aliphatic heterocycles. The van der Waals surface area contributed by atoms with Crippen LogP contribution in [-0.2, 0) is 0 Å². The lowest BCUT2D eigenvalue weighted by Gasteiger charge is -2.19. The molecule has 0 fully saturated rings.